The van der Waals surface area contributed by atoms with E-state index in [1.165, 1.54) is 0 Å². The Bertz CT molecular complexity index is 1030. The van der Waals surface area contributed by atoms with Crippen LogP contribution in [-0.2, 0) is 11.3 Å². The quantitative estimate of drug-likeness (QED) is 0.597. The number of fused-ring (bicyclic) bond motifs is 1. The highest BCUT2D eigenvalue weighted by Crippen LogP contribution is 2.38. The van der Waals surface area contributed by atoms with Gasteiger partial charge in [-0.25, -0.2) is 0 Å². The number of ether oxygens (including phenoxy) is 1. The van der Waals surface area contributed by atoms with E-state index < -0.39 is 12.0 Å². The first-order valence-corrected chi connectivity index (χ1v) is 8.98. The van der Waals surface area contributed by atoms with E-state index >= 15 is 0 Å². The summed E-state index contributed by atoms with van der Waals surface area (Å²) in [4.78, 5) is 12.3. The summed E-state index contributed by atoms with van der Waals surface area (Å²) in [5.74, 6) is -0.00432. The van der Waals surface area contributed by atoms with Crippen molar-refractivity contribution in [3.63, 3.8) is 0 Å². The van der Waals surface area contributed by atoms with Gasteiger partial charge in [0.05, 0.1) is 5.52 Å². The molecule has 27 heavy (non-hydrogen) atoms. The minimum atomic E-state index is -0.824. The second kappa shape index (κ2) is 7.80. The number of nitrogens with zero attached hydrogens (tertiary/aromatic N) is 3. The standard InChI is InChI=1S/C20H20ClN3O3/c1-4-24-16-8-6-5-7-15(16)18(20(24)26)22-23-19(25)13(3)27-17-10-9-14(21)11-12(17)2/h5-11,13,26H,4H2,1-3H3. The number of carbonyl (C=O) groups excluding carboxylic acids is 1. The molecule has 2 aromatic carbocycles. The summed E-state index contributed by atoms with van der Waals surface area (Å²) in [6.45, 7) is 5.94. The van der Waals surface area contributed by atoms with Gasteiger partial charge in [-0.05, 0) is 50.6 Å². The zero-order valence-electron chi connectivity index (χ0n) is 15.3. The summed E-state index contributed by atoms with van der Waals surface area (Å²) in [6, 6.07) is 12.6. The molecule has 7 heteroatoms. The molecule has 1 N–H and O–H groups in total. The van der Waals surface area contributed by atoms with Crippen LogP contribution in [0.25, 0.3) is 10.9 Å². The highest BCUT2D eigenvalue weighted by Gasteiger charge is 2.18. The number of carbonyl (C=O) groups is 1. The van der Waals surface area contributed by atoms with Crippen LogP contribution in [0.4, 0.5) is 5.69 Å². The van der Waals surface area contributed by atoms with E-state index in [9.17, 15) is 9.90 Å². The van der Waals surface area contributed by atoms with Crippen molar-refractivity contribution in [3.8, 4) is 11.6 Å². The number of rotatable bonds is 5. The molecule has 1 atom stereocenters. The van der Waals surface area contributed by atoms with Gasteiger partial charge in [-0.2, -0.15) is 0 Å². The van der Waals surface area contributed by atoms with E-state index in [2.05, 4.69) is 10.2 Å². The van der Waals surface area contributed by atoms with E-state index in [0.717, 1.165) is 16.5 Å². The maximum absolute atomic E-state index is 12.3. The fourth-order valence-electron chi connectivity index (χ4n) is 2.86. The van der Waals surface area contributed by atoms with Crippen molar-refractivity contribution >= 4 is 34.1 Å². The molecule has 0 spiro atoms. The van der Waals surface area contributed by atoms with Gasteiger partial charge in [-0.15, -0.1) is 10.2 Å². The third-order valence-corrected chi connectivity index (χ3v) is 4.51. The molecule has 0 fully saturated rings. The van der Waals surface area contributed by atoms with Gasteiger partial charge in [0.1, 0.15) is 5.75 Å². The normalized spacial score (nSPS) is 12.6. The van der Waals surface area contributed by atoms with Crippen LogP contribution in [0, 0.1) is 6.92 Å². The number of hydrogen-bond acceptors (Lipinski definition) is 4. The minimum absolute atomic E-state index is 0.0163. The van der Waals surface area contributed by atoms with E-state index in [0.29, 0.717) is 17.3 Å². The van der Waals surface area contributed by atoms with Crippen LogP contribution in [0.1, 0.15) is 19.4 Å². The zero-order valence-corrected chi connectivity index (χ0v) is 16.1. The molecule has 3 rings (SSSR count). The second-order valence-corrected chi connectivity index (χ2v) is 6.58. The molecule has 3 aromatic rings. The third-order valence-electron chi connectivity index (χ3n) is 4.27. The lowest BCUT2D eigenvalue weighted by molar-refractivity contribution is -0.124. The summed E-state index contributed by atoms with van der Waals surface area (Å²) in [5, 5.41) is 19.5. The van der Waals surface area contributed by atoms with Crippen molar-refractivity contribution in [2.75, 3.05) is 0 Å². The van der Waals surface area contributed by atoms with Crippen LogP contribution >= 0.6 is 11.6 Å². The summed E-state index contributed by atoms with van der Waals surface area (Å²) in [7, 11) is 0. The zero-order chi connectivity index (χ0) is 19.6. The average molecular weight is 386 g/mol. The fraction of sp³-hybridized carbons (Fsp3) is 0.250. The molecule has 1 heterocycles. The molecule has 6 nitrogen and oxygen atoms in total. The molecule has 0 radical (unpaired) electrons. The first-order valence-electron chi connectivity index (χ1n) is 8.61. The maximum Gasteiger partial charge on any atom is 0.304 e. The van der Waals surface area contributed by atoms with Crippen molar-refractivity contribution in [2.45, 2.75) is 33.4 Å². The average Bonchev–Trinajstić information content (AvgIpc) is 2.92. The Morgan fingerprint density at radius 1 is 1.30 bits per heavy atom. The Balaban J connectivity index is 1.82. The van der Waals surface area contributed by atoms with E-state index in [-0.39, 0.29) is 11.6 Å². The summed E-state index contributed by atoms with van der Waals surface area (Å²) < 4.78 is 7.38. The van der Waals surface area contributed by atoms with Gasteiger partial charge >= 0.3 is 5.91 Å². The third kappa shape index (κ3) is 3.80. The first kappa shape index (κ1) is 18.9. The number of aryl methyl sites for hydroxylation is 2. The molecular weight excluding hydrogens is 366 g/mol. The van der Waals surface area contributed by atoms with Gasteiger partial charge in [0.2, 0.25) is 5.88 Å². The number of azo groups is 1. The molecule has 0 aliphatic heterocycles. The molecule has 0 aliphatic rings. The van der Waals surface area contributed by atoms with Gasteiger partial charge in [0.25, 0.3) is 0 Å². The van der Waals surface area contributed by atoms with Crippen LogP contribution in [0.5, 0.6) is 11.6 Å². The molecule has 0 saturated heterocycles. The number of benzene rings is 2. The highest BCUT2D eigenvalue weighted by atomic mass is 35.5. The SMILES string of the molecule is CCn1c(O)c(N=NC(=O)C(C)Oc2ccc(Cl)cc2C)c2ccccc21. The Hall–Kier alpha value is -2.86. The van der Waals surface area contributed by atoms with Crippen molar-refractivity contribution in [1.29, 1.82) is 0 Å². The molecule has 1 aromatic heterocycles. The predicted molar refractivity (Wildman–Crippen MR) is 105 cm³/mol. The van der Waals surface area contributed by atoms with Gasteiger partial charge in [0.15, 0.2) is 11.8 Å². The highest BCUT2D eigenvalue weighted by molar-refractivity contribution is 6.30. The molecular formula is C20H20ClN3O3. The largest absolute Gasteiger partial charge is 0.493 e. The van der Waals surface area contributed by atoms with Crippen LogP contribution in [0.3, 0.4) is 0 Å². The number of hydrogen-bond donors (Lipinski definition) is 1. The van der Waals surface area contributed by atoms with E-state index in [4.69, 9.17) is 16.3 Å². The first-order chi connectivity index (χ1) is 12.9. The topological polar surface area (TPSA) is 76.2 Å². The number of halogens is 1. The van der Waals surface area contributed by atoms with Crippen LogP contribution < -0.4 is 4.74 Å². The molecule has 0 bridgehead atoms. The van der Waals surface area contributed by atoms with Crippen molar-refractivity contribution < 1.29 is 14.6 Å². The van der Waals surface area contributed by atoms with Crippen LogP contribution in [-0.4, -0.2) is 21.7 Å². The summed E-state index contributed by atoms with van der Waals surface area (Å²) in [5.41, 5.74) is 1.93. The van der Waals surface area contributed by atoms with Gasteiger partial charge in [0, 0.05) is 17.0 Å². The van der Waals surface area contributed by atoms with Gasteiger partial charge in [-0.1, -0.05) is 29.8 Å². The Labute approximate surface area is 162 Å². The molecule has 1 amide bonds. The molecule has 1 unspecified atom stereocenters. The number of aromatic nitrogens is 1. The summed E-state index contributed by atoms with van der Waals surface area (Å²) in [6.07, 6.45) is -0.824. The molecule has 0 aliphatic carbocycles. The van der Waals surface area contributed by atoms with Crippen molar-refractivity contribution in [2.24, 2.45) is 10.2 Å². The lowest BCUT2D eigenvalue weighted by Gasteiger charge is -2.13. The Morgan fingerprint density at radius 3 is 2.74 bits per heavy atom. The minimum Gasteiger partial charge on any atom is -0.493 e. The van der Waals surface area contributed by atoms with Crippen LogP contribution in [0.2, 0.25) is 5.02 Å². The van der Waals surface area contributed by atoms with Gasteiger partial charge in [-0.3, -0.25) is 4.79 Å². The van der Waals surface area contributed by atoms with Gasteiger partial charge < -0.3 is 14.4 Å². The Morgan fingerprint density at radius 2 is 2.04 bits per heavy atom. The number of amides is 1. The lowest BCUT2D eigenvalue weighted by Crippen LogP contribution is -2.21. The Kier molecular flexibility index (Phi) is 5.46. The smallest absolute Gasteiger partial charge is 0.304 e. The fourth-order valence-corrected chi connectivity index (χ4v) is 3.08. The summed E-state index contributed by atoms with van der Waals surface area (Å²) >= 11 is 5.93. The van der Waals surface area contributed by atoms with E-state index in [1.807, 2.05) is 38.1 Å². The number of aromatic hydroxyl groups is 1. The molecule has 0 saturated carbocycles. The van der Waals surface area contributed by atoms with Crippen molar-refractivity contribution in [3.05, 3.63) is 53.1 Å². The molecule has 140 valence electrons. The van der Waals surface area contributed by atoms with E-state index in [1.54, 1.807) is 29.7 Å². The monoisotopic (exact) mass is 385 g/mol. The van der Waals surface area contributed by atoms with Crippen molar-refractivity contribution in [1.82, 2.24) is 4.57 Å². The lowest BCUT2D eigenvalue weighted by atomic mass is 10.2. The maximum atomic E-state index is 12.3. The second-order valence-electron chi connectivity index (χ2n) is 6.14. The predicted octanol–water partition coefficient (Wildman–Crippen LogP) is 5.41. The number of para-hydroxylation sites is 1. The van der Waals surface area contributed by atoms with Crippen LogP contribution in [0.15, 0.2) is 52.7 Å².